The molecule has 0 atom stereocenters. The molecular weight excluding hydrogens is 709 g/mol. The maximum Gasteiger partial charge on any atom is 0.0159 e. The second-order valence-corrected chi connectivity index (χ2v) is 16.8. The molecule has 276 valence electrons. The van der Waals surface area contributed by atoms with Crippen LogP contribution in [-0.4, -0.2) is 0 Å². The molecule has 0 unspecified atom stereocenters. The quantitative estimate of drug-likeness (QED) is 0.157. The lowest BCUT2D eigenvalue weighted by molar-refractivity contribution is 0.660. The summed E-state index contributed by atoms with van der Waals surface area (Å²) in [5.41, 5.74) is 15.4. The third-order valence-corrected chi connectivity index (χ3v) is 13.2. The van der Waals surface area contributed by atoms with Crippen molar-refractivity contribution in [1.29, 1.82) is 0 Å². The van der Waals surface area contributed by atoms with Gasteiger partial charge in [-0.05, 0) is 139 Å². The average molecular weight is 749 g/mol. The van der Waals surface area contributed by atoms with Gasteiger partial charge in [0.25, 0.3) is 0 Å². The molecule has 0 bridgehead atoms. The van der Waals surface area contributed by atoms with E-state index >= 15 is 0 Å². The molecule has 0 nitrogen and oxygen atoms in total. The lowest BCUT2D eigenvalue weighted by Crippen LogP contribution is -2.14. The highest BCUT2D eigenvalue weighted by Crippen LogP contribution is 2.53. The summed E-state index contributed by atoms with van der Waals surface area (Å²) < 4.78 is 0. The minimum absolute atomic E-state index is 0.109. The zero-order valence-corrected chi connectivity index (χ0v) is 33.1. The van der Waals surface area contributed by atoms with E-state index in [-0.39, 0.29) is 5.41 Å². The Bertz CT molecular complexity index is 3450. The van der Waals surface area contributed by atoms with Crippen molar-refractivity contribution < 1.29 is 0 Å². The summed E-state index contributed by atoms with van der Waals surface area (Å²) in [6.07, 6.45) is 0. The molecule has 59 heavy (non-hydrogen) atoms. The minimum Gasteiger partial charge on any atom is -0.0622 e. The Hall–Kier alpha value is -7.28. The molecule has 0 N–H and O–H groups in total. The molecule has 1 aliphatic carbocycles. The van der Waals surface area contributed by atoms with Gasteiger partial charge in [0.05, 0.1) is 0 Å². The molecule has 11 aromatic rings. The van der Waals surface area contributed by atoms with Crippen LogP contribution < -0.4 is 0 Å². The van der Waals surface area contributed by atoms with E-state index in [0.717, 1.165) is 0 Å². The Balaban J connectivity index is 1.22. The topological polar surface area (TPSA) is 0 Å². The van der Waals surface area contributed by atoms with Crippen LogP contribution in [0.5, 0.6) is 0 Å². The highest BCUT2D eigenvalue weighted by molar-refractivity contribution is 6.30. The summed E-state index contributed by atoms with van der Waals surface area (Å²) in [7, 11) is 0. The fraction of sp³-hybridized carbons (Fsp3) is 0.0508. The van der Waals surface area contributed by atoms with Crippen LogP contribution in [0.1, 0.15) is 25.0 Å². The van der Waals surface area contributed by atoms with Gasteiger partial charge in [0.15, 0.2) is 0 Å². The summed E-state index contributed by atoms with van der Waals surface area (Å²) in [6.45, 7) is 4.77. The first-order valence-electron chi connectivity index (χ1n) is 20.8. The van der Waals surface area contributed by atoms with E-state index in [4.69, 9.17) is 0 Å². The first-order chi connectivity index (χ1) is 29.0. The third kappa shape index (κ3) is 5.03. The van der Waals surface area contributed by atoms with Crippen LogP contribution >= 0.6 is 0 Å². The van der Waals surface area contributed by atoms with E-state index < -0.39 is 0 Å². The van der Waals surface area contributed by atoms with Crippen molar-refractivity contribution in [2.24, 2.45) is 0 Å². The van der Waals surface area contributed by atoms with Crippen LogP contribution in [0.2, 0.25) is 0 Å². The molecule has 11 aromatic carbocycles. The Morgan fingerprint density at radius 1 is 0.254 bits per heavy atom. The summed E-state index contributed by atoms with van der Waals surface area (Å²) in [4.78, 5) is 0. The SMILES string of the molecule is CC1(C)c2ccccc2-c2ccc(-c3c4ccccc4c(-c4c5ccccc5c(-c5ccccc5)c5ccccc45)c4ccc(-c5ccc6ccccc6c5)cc34)cc21. The van der Waals surface area contributed by atoms with Crippen molar-refractivity contribution in [3.05, 3.63) is 217 Å². The number of rotatable bonds is 4. The summed E-state index contributed by atoms with van der Waals surface area (Å²) in [6, 6.07) is 77.1. The van der Waals surface area contributed by atoms with Crippen LogP contribution in [0.4, 0.5) is 0 Å². The lowest BCUT2D eigenvalue weighted by Gasteiger charge is -2.24. The van der Waals surface area contributed by atoms with Crippen molar-refractivity contribution in [1.82, 2.24) is 0 Å². The maximum atomic E-state index is 2.50. The Morgan fingerprint density at radius 3 is 1.37 bits per heavy atom. The highest BCUT2D eigenvalue weighted by Gasteiger charge is 2.35. The highest BCUT2D eigenvalue weighted by atomic mass is 14.4. The zero-order valence-electron chi connectivity index (χ0n) is 33.1. The molecule has 0 spiro atoms. The third-order valence-electron chi connectivity index (χ3n) is 13.2. The summed E-state index contributed by atoms with van der Waals surface area (Å²) in [5.74, 6) is 0. The van der Waals surface area contributed by atoms with Gasteiger partial charge < -0.3 is 0 Å². The molecule has 0 saturated carbocycles. The second-order valence-electron chi connectivity index (χ2n) is 16.8. The Labute approximate surface area is 344 Å². The van der Waals surface area contributed by atoms with Gasteiger partial charge in [-0.3, -0.25) is 0 Å². The number of hydrogen-bond acceptors (Lipinski definition) is 0. The zero-order chi connectivity index (χ0) is 39.2. The molecule has 0 amide bonds. The van der Waals surface area contributed by atoms with Gasteiger partial charge in [0, 0.05) is 5.41 Å². The van der Waals surface area contributed by atoms with E-state index in [1.54, 1.807) is 0 Å². The monoisotopic (exact) mass is 748 g/mol. The van der Waals surface area contributed by atoms with Gasteiger partial charge in [-0.2, -0.15) is 0 Å². The number of hydrogen-bond donors (Lipinski definition) is 0. The lowest BCUT2D eigenvalue weighted by atomic mass is 9.79. The normalized spacial score (nSPS) is 13.1. The molecule has 0 saturated heterocycles. The van der Waals surface area contributed by atoms with Gasteiger partial charge in [0.2, 0.25) is 0 Å². The average Bonchev–Trinajstić information content (AvgIpc) is 3.52. The van der Waals surface area contributed by atoms with Gasteiger partial charge in [-0.25, -0.2) is 0 Å². The van der Waals surface area contributed by atoms with Crippen molar-refractivity contribution in [2.45, 2.75) is 19.3 Å². The Morgan fingerprint density at radius 2 is 0.712 bits per heavy atom. The van der Waals surface area contributed by atoms with Crippen LogP contribution in [0.15, 0.2) is 206 Å². The molecule has 0 fully saturated rings. The molecule has 0 heteroatoms. The van der Waals surface area contributed by atoms with Crippen LogP contribution in [0, 0.1) is 0 Å². The first-order valence-corrected chi connectivity index (χ1v) is 20.8. The molecule has 0 aliphatic heterocycles. The van der Waals surface area contributed by atoms with Gasteiger partial charge in [0.1, 0.15) is 0 Å². The predicted molar refractivity (Wildman–Crippen MR) is 253 cm³/mol. The van der Waals surface area contributed by atoms with Gasteiger partial charge in [-0.15, -0.1) is 0 Å². The molecule has 0 radical (unpaired) electrons. The molecular formula is C59H40. The van der Waals surface area contributed by atoms with Gasteiger partial charge >= 0.3 is 0 Å². The molecule has 1 aliphatic rings. The number of benzene rings is 11. The summed E-state index contributed by atoms with van der Waals surface area (Å²) >= 11 is 0. The van der Waals surface area contributed by atoms with Crippen LogP contribution in [0.25, 0.3) is 109 Å². The molecule has 0 aromatic heterocycles. The van der Waals surface area contributed by atoms with E-state index in [9.17, 15) is 0 Å². The standard InChI is InChI=1S/C59H40/c1-59(2)53-27-15-14-20-43(53)44-32-31-42(36-54(44)59)56-47-23-10-13-26-50(47)58(51-33-30-41(35-52(51)56)40-29-28-37-16-6-7-19-39(37)34-40)57-48-24-11-8-21-45(48)55(38-17-4-3-5-18-38)46-22-9-12-25-49(46)57/h3-36H,1-2H3. The van der Waals surface area contributed by atoms with Crippen molar-refractivity contribution in [3.63, 3.8) is 0 Å². The second kappa shape index (κ2) is 12.9. The van der Waals surface area contributed by atoms with Crippen molar-refractivity contribution in [2.75, 3.05) is 0 Å². The minimum atomic E-state index is -0.109. The van der Waals surface area contributed by atoms with Crippen LogP contribution in [0.3, 0.4) is 0 Å². The maximum absolute atomic E-state index is 2.50. The van der Waals surface area contributed by atoms with E-state index in [1.807, 2.05) is 0 Å². The smallest absolute Gasteiger partial charge is 0.0159 e. The molecule has 12 rings (SSSR count). The molecule has 0 heterocycles. The largest absolute Gasteiger partial charge is 0.0622 e. The van der Waals surface area contributed by atoms with E-state index in [0.29, 0.717) is 0 Å². The first kappa shape index (κ1) is 33.8. The van der Waals surface area contributed by atoms with Crippen LogP contribution in [-0.2, 0) is 5.41 Å². The fourth-order valence-electron chi connectivity index (χ4n) is 10.5. The summed E-state index contributed by atoms with van der Waals surface area (Å²) in [5, 5.41) is 12.6. The van der Waals surface area contributed by atoms with Crippen molar-refractivity contribution >= 4 is 53.9 Å². The van der Waals surface area contributed by atoms with E-state index in [1.165, 1.54) is 121 Å². The van der Waals surface area contributed by atoms with Crippen molar-refractivity contribution in [3.8, 4) is 55.6 Å². The predicted octanol–water partition coefficient (Wildman–Crippen LogP) is 16.4. The van der Waals surface area contributed by atoms with Gasteiger partial charge in [-0.1, -0.05) is 202 Å². The van der Waals surface area contributed by atoms with E-state index in [2.05, 4.69) is 220 Å². The fourth-order valence-corrected chi connectivity index (χ4v) is 10.5. The number of fused-ring (bicyclic) bond motifs is 8. The Kier molecular flexibility index (Phi) is 7.38.